The molecule has 29 heavy (non-hydrogen) atoms. The third-order valence-electron chi connectivity index (χ3n) is 5.92. The molecule has 7 nitrogen and oxygen atoms in total. The lowest BCUT2D eigenvalue weighted by molar-refractivity contribution is -0.139. The molecule has 160 valence electrons. The second kappa shape index (κ2) is 10.6. The van der Waals surface area contributed by atoms with Crippen LogP contribution in [0.3, 0.4) is 0 Å². The van der Waals surface area contributed by atoms with Crippen LogP contribution < -0.4 is 15.5 Å². The molecule has 0 saturated carbocycles. The van der Waals surface area contributed by atoms with Gasteiger partial charge in [-0.05, 0) is 56.0 Å². The Labute approximate surface area is 173 Å². The van der Waals surface area contributed by atoms with Gasteiger partial charge in [0.1, 0.15) is 0 Å². The number of aryl methyl sites for hydroxylation is 1. The van der Waals surface area contributed by atoms with Crippen LogP contribution >= 0.6 is 0 Å². The monoisotopic (exact) mass is 402 g/mol. The van der Waals surface area contributed by atoms with Crippen molar-refractivity contribution in [1.29, 1.82) is 0 Å². The van der Waals surface area contributed by atoms with Crippen molar-refractivity contribution in [1.82, 2.24) is 15.5 Å². The Hall–Kier alpha value is -2.12. The van der Waals surface area contributed by atoms with Crippen molar-refractivity contribution in [2.24, 2.45) is 0 Å². The maximum atomic E-state index is 12.2. The molecule has 1 aromatic carbocycles. The summed E-state index contributed by atoms with van der Waals surface area (Å²) in [6.45, 7) is 4.30. The largest absolute Gasteiger partial charge is 0.383 e. The number of nitrogens with zero attached hydrogens (tertiary/aromatic N) is 2. The van der Waals surface area contributed by atoms with Gasteiger partial charge in [0, 0.05) is 39.5 Å². The van der Waals surface area contributed by atoms with E-state index in [-0.39, 0.29) is 6.04 Å². The number of carbonyl (C=O) groups excluding carboxylic acids is 2. The molecule has 3 rings (SSSR count). The molecule has 2 aliphatic rings. The number of benzene rings is 1. The zero-order valence-corrected chi connectivity index (χ0v) is 17.7. The first-order valence-corrected chi connectivity index (χ1v) is 10.7. The van der Waals surface area contributed by atoms with E-state index >= 15 is 0 Å². The maximum absolute atomic E-state index is 12.2. The van der Waals surface area contributed by atoms with E-state index < -0.39 is 11.8 Å². The number of likely N-dealkylation sites (tertiary alicyclic amines) is 1. The summed E-state index contributed by atoms with van der Waals surface area (Å²) in [4.78, 5) is 29.0. The predicted octanol–water partition coefficient (Wildman–Crippen LogP) is 1.47. The van der Waals surface area contributed by atoms with Crippen molar-refractivity contribution in [3.05, 3.63) is 29.3 Å². The number of nitrogens with one attached hydrogen (secondary N) is 2. The van der Waals surface area contributed by atoms with Gasteiger partial charge < -0.3 is 20.3 Å². The Bertz CT molecular complexity index is 703. The minimum Gasteiger partial charge on any atom is -0.383 e. The smallest absolute Gasteiger partial charge is 0.309 e. The molecule has 1 atom stereocenters. The number of rotatable bonds is 7. The predicted molar refractivity (Wildman–Crippen MR) is 114 cm³/mol. The van der Waals surface area contributed by atoms with Gasteiger partial charge in [0.25, 0.3) is 0 Å². The third-order valence-corrected chi connectivity index (χ3v) is 5.92. The van der Waals surface area contributed by atoms with Crippen LogP contribution in [0.1, 0.15) is 42.9 Å². The molecule has 2 N–H and O–H groups in total. The van der Waals surface area contributed by atoms with Crippen LogP contribution in [0.2, 0.25) is 0 Å². The van der Waals surface area contributed by atoms with Gasteiger partial charge in [-0.1, -0.05) is 18.6 Å². The van der Waals surface area contributed by atoms with E-state index in [1.54, 1.807) is 7.11 Å². The summed E-state index contributed by atoms with van der Waals surface area (Å²) in [5.74, 6) is -1.19. The fourth-order valence-electron chi connectivity index (χ4n) is 4.32. The van der Waals surface area contributed by atoms with Gasteiger partial charge in [-0.3, -0.25) is 14.5 Å². The summed E-state index contributed by atoms with van der Waals surface area (Å²) < 4.78 is 4.90. The highest BCUT2D eigenvalue weighted by Crippen LogP contribution is 2.31. The molecule has 0 radical (unpaired) electrons. The van der Waals surface area contributed by atoms with Crippen LogP contribution in [0.5, 0.6) is 0 Å². The van der Waals surface area contributed by atoms with Gasteiger partial charge in [0.05, 0.1) is 12.6 Å². The molecule has 2 heterocycles. The van der Waals surface area contributed by atoms with Crippen molar-refractivity contribution in [2.75, 3.05) is 58.4 Å². The Balaban J connectivity index is 1.70. The first-order valence-electron chi connectivity index (χ1n) is 10.7. The summed E-state index contributed by atoms with van der Waals surface area (Å²) in [5, 5.41) is 5.43. The van der Waals surface area contributed by atoms with Gasteiger partial charge in [-0.25, -0.2) is 0 Å². The molecule has 2 aliphatic heterocycles. The van der Waals surface area contributed by atoms with E-state index in [0.29, 0.717) is 19.7 Å². The number of anilines is 1. The average molecular weight is 403 g/mol. The van der Waals surface area contributed by atoms with Crippen molar-refractivity contribution in [3.63, 3.8) is 0 Å². The van der Waals surface area contributed by atoms with Gasteiger partial charge >= 0.3 is 11.8 Å². The first kappa shape index (κ1) is 21.6. The summed E-state index contributed by atoms with van der Waals surface area (Å²) >= 11 is 0. The number of fused-ring (bicyclic) bond motifs is 1. The molecule has 1 saturated heterocycles. The summed E-state index contributed by atoms with van der Waals surface area (Å²) in [6.07, 6.45) is 5.87. The summed E-state index contributed by atoms with van der Waals surface area (Å²) in [5.41, 5.74) is 3.90. The SMILES string of the molecule is COCCNC(=O)C(=O)NC[C@H](c1ccc2c(c1)CCCN2C)N1CCCCC1. The molecule has 0 aromatic heterocycles. The standard InChI is InChI=1S/C22H34N4O3/c1-25-11-6-7-17-15-18(8-9-19(17)25)20(26-12-4-3-5-13-26)16-24-22(28)21(27)23-10-14-29-2/h8-9,15,20H,3-7,10-14,16H2,1-2H3,(H,23,27)(H,24,28)/t20-/m1/s1. The Morgan fingerprint density at radius 3 is 2.59 bits per heavy atom. The summed E-state index contributed by atoms with van der Waals surface area (Å²) in [7, 11) is 3.70. The fraction of sp³-hybridized carbons (Fsp3) is 0.636. The fourth-order valence-corrected chi connectivity index (χ4v) is 4.32. The van der Waals surface area contributed by atoms with Gasteiger partial charge in [0.2, 0.25) is 0 Å². The van der Waals surface area contributed by atoms with Crippen LogP contribution in [0.4, 0.5) is 5.69 Å². The quantitative estimate of drug-likeness (QED) is 0.534. The van der Waals surface area contributed by atoms with Gasteiger partial charge in [0.15, 0.2) is 0 Å². The van der Waals surface area contributed by atoms with Crippen LogP contribution in [0.25, 0.3) is 0 Å². The number of methoxy groups -OCH3 is 1. The average Bonchev–Trinajstić information content (AvgIpc) is 2.74. The number of hydrogen-bond acceptors (Lipinski definition) is 5. The lowest BCUT2D eigenvalue weighted by Gasteiger charge is -2.36. The molecule has 7 heteroatoms. The molecular weight excluding hydrogens is 368 g/mol. The first-order chi connectivity index (χ1) is 14.1. The molecule has 1 aromatic rings. The minimum absolute atomic E-state index is 0.0866. The van der Waals surface area contributed by atoms with Crippen LogP contribution in [0, 0.1) is 0 Å². The normalized spacial score (nSPS) is 18.1. The third kappa shape index (κ3) is 5.70. The highest BCUT2D eigenvalue weighted by atomic mass is 16.5. The van der Waals surface area contributed by atoms with Crippen molar-refractivity contribution < 1.29 is 14.3 Å². The number of amides is 2. The number of piperidine rings is 1. The van der Waals surface area contributed by atoms with E-state index in [1.807, 2.05) is 0 Å². The van der Waals surface area contributed by atoms with E-state index in [4.69, 9.17) is 4.74 Å². The maximum Gasteiger partial charge on any atom is 0.309 e. The van der Waals surface area contributed by atoms with Crippen LogP contribution in [-0.2, 0) is 20.7 Å². The zero-order valence-electron chi connectivity index (χ0n) is 17.7. The molecular formula is C22H34N4O3. The highest BCUT2D eigenvalue weighted by molar-refractivity contribution is 6.35. The van der Waals surface area contributed by atoms with E-state index in [0.717, 1.165) is 26.1 Å². The zero-order chi connectivity index (χ0) is 20.6. The number of hydrogen-bond donors (Lipinski definition) is 2. The van der Waals surface area contributed by atoms with E-state index in [2.05, 4.69) is 45.7 Å². The molecule has 1 fully saturated rings. The van der Waals surface area contributed by atoms with E-state index in [1.165, 1.54) is 42.5 Å². The Morgan fingerprint density at radius 2 is 1.83 bits per heavy atom. The van der Waals surface area contributed by atoms with Crippen molar-refractivity contribution in [3.8, 4) is 0 Å². The van der Waals surface area contributed by atoms with Gasteiger partial charge in [-0.2, -0.15) is 0 Å². The van der Waals surface area contributed by atoms with Crippen molar-refractivity contribution >= 4 is 17.5 Å². The molecule has 0 bridgehead atoms. The number of carbonyl (C=O) groups is 2. The minimum atomic E-state index is -0.605. The molecule has 0 aliphatic carbocycles. The van der Waals surface area contributed by atoms with Crippen molar-refractivity contribution in [2.45, 2.75) is 38.1 Å². The lowest BCUT2D eigenvalue weighted by Crippen LogP contribution is -2.45. The van der Waals surface area contributed by atoms with E-state index in [9.17, 15) is 9.59 Å². The molecule has 0 spiro atoms. The second-order valence-electron chi connectivity index (χ2n) is 7.98. The number of ether oxygens (including phenoxy) is 1. The molecule has 2 amide bonds. The summed E-state index contributed by atoms with van der Waals surface area (Å²) in [6, 6.07) is 6.78. The highest BCUT2D eigenvalue weighted by Gasteiger charge is 2.25. The van der Waals surface area contributed by atoms with Crippen LogP contribution in [0.15, 0.2) is 18.2 Å². The topological polar surface area (TPSA) is 73.9 Å². The van der Waals surface area contributed by atoms with Gasteiger partial charge in [-0.15, -0.1) is 0 Å². The molecule has 0 unspecified atom stereocenters. The Kier molecular flexibility index (Phi) is 7.89. The second-order valence-corrected chi connectivity index (χ2v) is 7.98. The van der Waals surface area contributed by atoms with Crippen LogP contribution in [-0.4, -0.2) is 70.2 Å². The Morgan fingerprint density at radius 1 is 1.07 bits per heavy atom. The lowest BCUT2D eigenvalue weighted by atomic mass is 9.95.